The number of aromatic nitrogens is 1. The van der Waals surface area contributed by atoms with E-state index in [9.17, 15) is 4.79 Å². The number of thiazole rings is 1. The summed E-state index contributed by atoms with van der Waals surface area (Å²) in [5, 5.41) is 7.81. The molecule has 0 aliphatic heterocycles. The van der Waals surface area contributed by atoms with Crippen molar-refractivity contribution in [1.82, 2.24) is 4.98 Å². The zero-order chi connectivity index (χ0) is 19.5. The van der Waals surface area contributed by atoms with Gasteiger partial charge in [0.15, 0.2) is 0 Å². The van der Waals surface area contributed by atoms with Crippen LogP contribution in [0.15, 0.2) is 68.2 Å². The Hall–Kier alpha value is -3.16. The molecule has 0 amide bonds. The number of hydrogen-bond donors (Lipinski definition) is 1. The highest BCUT2D eigenvalue weighted by Gasteiger charge is 2.11. The lowest BCUT2D eigenvalue weighted by atomic mass is 10.1. The molecule has 0 saturated carbocycles. The Morgan fingerprint density at radius 3 is 3.00 bits per heavy atom. The zero-order valence-electron chi connectivity index (χ0n) is 14.7. The summed E-state index contributed by atoms with van der Waals surface area (Å²) in [7, 11) is 1.61. The van der Waals surface area contributed by atoms with Crippen molar-refractivity contribution >= 4 is 45.3 Å². The summed E-state index contributed by atoms with van der Waals surface area (Å²) in [6, 6.07) is 14.3. The smallest absolute Gasteiger partial charge is 0.345 e. The third-order valence-corrected chi connectivity index (χ3v) is 4.92. The van der Waals surface area contributed by atoms with Gasteiger partial charge in [-0.1, -0.05) is 23.7 Å². The number of methoxy groups -OCH3 is 1. The minimum Gasteiger partial charge on any atom is -0.497 e. The van der Waals surface area contributed by atoms with Gasteiger partial charge in [0.1, 0.15) is 11.3 Å². The van der Waals surface area contributed by atoms with Crippen LogP contribution in [0.1, 0.15) is 5.56 Å². The maximum Gasteiger partial charge on any atom is 0.345 e. The van der Waals surface area contributed by atoms with E-state index in [2.05, 4.69) is 15.5 Å². The van der Waals surface area contributed by atoms with E-state index in [1.165, 1.54) is 11.3 Å². The highest BCUT2D eigenvalue weighted by atomic mass is 35.5. The van der Waals surface area contributed by atoms with Gasteiger partial charge in [-0.25, -0.2) is 9.78 Å². The zero-order valence-corrected chi connectivity index (χ0v) is 16.3. The van der Waals surface area contributed by atoms with Gasteiger partial charge >= 0.3 is 5.63 Å². The summed E-state index contributed by atoms with van der Waals surface area (Å²) < 4.78 is 10.5. The Bertz CT molecular complexity index is 1230. The first-order valence-electron chi connectivity index (χ1n) is 8.25. The molecule has 0 aliphatic rings. The van der Waals surface area contributed by atoms with E-state index in [0.717, 1.165) is 16.7 Å². The molecule has 1 N–H and O–H groups in total. The van der Waals surface area contributed by atoms with Crippen LogP contribution in [-0.4, -0.2) is 18.3 Å². The van der Waals surface area contributed by atoms with E-state index in [4.69, 9.17) is 20.8 Å². The summed E-state index contributed by atoms with van der Waals surface area (Å²) in [6.07, 6.45) is 1.66. The van der Waals surface area contributed by atoms with Crippen molar-refractivity contribution in [2.75, 3.05) is 12.5 Å². The van der Waals surface area contributed by atoms with E-state index in [-0.39, 0.29) is 0 Å². The van der Waals surface area contributed by atoms with Gasteiger partial charge in [-0.05, 0) is 42.0 Å². The molecule has 140 valence electrons. The Morgan fingerprint density at radius 1 is 1.25 bits per heavy atom. The molecule has 0 radical (unpaired) electrons. The first-order valence-corrected chi connectivity index (χ1v) is 9.50. The van der Waals surface area contributed by atoms with Crippen LogP contribution in [0.5, 0.6) is 5.75 Å². The van der Waals surface area contributed by atoms with Gasteiger partial charge < -0.3 is 9.15 Å². The lowest BCUT2D eigenvalue weighted by Gasteiger charge is -2.00. The average molecular weight is 412 g/mol. The van der Waals surface area contributed by atoms with Crippen molar-refractivity contribution < 1.29 is 9.15 Å². The van der Waals surface area contributed by atoms with Crippen LogP contribution in [0.2, 0.25) is 5.02 Å². The van der Waals surface area contributed by atoms with Crippen molar-refractivity contribution in [3.05, 3.63) is 74.9 Å². The molecule has 0 atom stereocenters. The molecule has 0 aliphatic carbocycles. The third-order valence-electron chi connectivity index (χ3n) is 3.94. The minimum absolute atomic E-state index is 0.371. The second-order valence-electron chi connectivity index (χ2n) is 5.81. The monoisotopic (exact) mass is 411 g/mol. The van der Waals surface area contributed by atoms with Crippen molar-refractivity contribution in [3.8, 4) is 17.0 Å². The average Bonchev–Trinajstić information content (AvgIpc) is 3.16. The SMILES string of the molecule is COc1cccc(/C=N\Nc2nc(-c3cc4cc(Cl)ccc4oc3=O)cs2)c1. The highest BCUT2D eigenvalue weighted by Crippen LogP contribution is 2.26. The minimum atomic E-state index is -0.452. The van der Waals surface area contributed by atoms with Gasteiger partial charge in [0.05, 0.1) is 24.6 Å². The van der Waals surface area contributed by atoms with Crippen molar-refractivity contribution in [3.63, 3.8) is 0 Å². The fourth-order valence-corrected chi connectivity index (χ4v) is 3.45. The van der Waals surface area contributed by atoms with Gasteiger partial charge in [0, 0.05) is 15.8 Å². The topological polar surface area (TPSA) is 76.7 Å². The van der Waals surface area contributed by atoms with E-state index in [1.54, 1.807) is 43.0 Å². The number of halogens is 1. The second-order valence-corrected chi connectivity index (χ2v) is 7.11. The molecule has 4 rings (SSSR count). The van der Waals surface area contributed by atoms with Crippen LogP contribution in [0, 0.1) is 0 Å². The Kier molecular flexibility index (Phi) is 5.10. The lowest BCUT2D eigenvalue weighted by Crippen LogP contribution is -2.03. The summed E-state index contributed by atoms with van der Waals surface area (Å²) in [6.45, 7) is 0. The molecule has 8 heteroatoms. The Labute approximate surface area is 169 Å². The van der Waals surface area contributed by atoms with Crippen molar-refractivity contribution in [2.45, 2.75) is 0 Å². The standard InChI is InChI=1S/C20H14ClN3O3S/c1-26-15-4-2-3-12(7-15)10-22-24-20-23-17(11-28-20)16-9-13-8-14(21)5-6-18(13)27-19(16)25/h2-11H,1H3,(H,23,24)/b22-10-. The molecule has 6 nitrogen and oxygen atoms in total. The van der Waals surface area contributed by atoms with Crippen LogP contribution >= 0.6 is 22.9 Å². The molecule has 2 aromatic heterocycles. The predicted octanol–water partition coefficient (Wildman–Crippen LogP) is 5.02. The molecule has 0 fully saturated rings. The Morgan fingerprint density at radius 2 is 2.14 bits per heavy atom. The van der Waals surface area contributed by atoms with Gasteiger partial charge in [0.2, 0.25) is 5.13 Å². The quantitative estimate of drug-likeness (QED) is 0.283. The largest absolute Gasteiger partial charge is 0.497 e. The molecule has 4 aromatic rings. The number of nitrogens with zero attached hydrogens (tertiary/aromatic N) is 2. The number of hydrogen-bond acceptors (Lipinski definition) is 7. The number of ether oxygens (including phenoxy) is 1. The molecule has 0 saturated heterocycles. The van der Waals surface area contributed by atoms with E-state index >= 15 is 0 Å². The molecule has 0 unspecified atom stereocenters. The Balaban J connectivity index is 1.56. The van der Waals surface area contributed by atoms with Crippen molar-refractivity contribution in [2.24, 2.45) is 5.10 Å². The summed E-state index contributed by atoms with van der Waals surface area (Å²) in [5.41, 5.74) is 4.67. The maximum atomic E-state index is 12.3. The van der Waals surface area contributed by atoms with E-state index < -0.39 is 5.63 Å². The molecular weight excluding hydrogens is 398 g/mol. The van der Waals surface area contributed by atoms with E-state index in [0.29, 0.717) is 27.0 Å². The van der Waals surface area contributed by atoms with Gasteiger partial charge in [-0.3, -0.25) is 5.43 Å². The molecule has 2 heterocycles. The van der Waals surface area contributed by atoms with Crippen LogP contribution < -0.4 is 15.8 Å². The van der Waals surface area contributed by atoms with Crippen LogP contribution in [0.4, 0.5) is 5.13 Å². The third kappa shape index (κ3) is 3.90. The van der Waals surface area contributed by atoms with Gasteiger partial charge in [-0.15, -0.1) is 11.3 Å². The number of fused-ring (bicyclic) bond motifs is 1. The van der Waals surface area contributed by atoms with Crippen molar-refractivity contribution in [1.29, 1.82) is 0 Å². The normalized spacial score (nSPS) is 11.2. The predicted molar refractivity (Wildman–Crippen MR) is 113 cm³/mol. The maximum absolute atomic E-state index is 12.3. The first kappa shape index (κ1) is 18.2. The van der Waals surface area contributed by atoms with Crippen LogP contribution in [0.3, 0.4) is 0 Å². The summed E-state index contributed by atoms with van der Waals surface area (Å²) in [4.78, 5) is 16.7. The molecular formula is C20H14ClN3O3S. The highest BCUT2D eigenvalue weighted by molar-refractivity contribution is 7.14. The summed E-state index contributed by atoms with van der Waals surface area (Å²) >= 11 is 7.36. The van der Waals surface area contributed by atoms with Crippen LogP contribution in [-0.2, 0) is 0 Å². The second kappa shape index (κ2) is 7.84. The number of hydrazone groups is 1. The van der Waals surface area contributed by atoms with Gasteiger partial charge in [-0.2, -0.15) is 5.10 Å². The van der Waals surface area contributed by atoms with Gasteiger partial charge in [0.25, 0.3) is 0 Å². The number of nitrogens with one attached hydrogen (secondary N) is 1. The molecule has 0 bridgehead atoms. The molecule has 28 heavy (non-hydrogen) atoms. The molecule has 2 aromatic carbocycles. The fraction of sp³-hybridized carbons (Fsp3) is 0.0500. The van der Waals surface area contributed by atoms with E-state index in [1.807, 2.05) is 24.3 Å². The number of benzene rings is 2. The fourth-order valence-electron chi connectivity index (χ4n) is 2.61. The molecule has 0 spiro atoms. The van der Waals surface area contributed by atoms with Crippen LogP contribution in [0.25, 0.3) is 22.2 Å². The number of anilines is 1. The number of rotatable bonds is 5. The first-order chi connectivity index (χ1) is 13.6. The summed E-state index contributed by atoms with van der Waals surface area (Å²) in [5.74, 6) is 0.753. The lowest BCUT2D eigenvalue weighted by molar-refractivity contribution is 0.415.